The van der Waals surface area contributed by atoms with E-state index in [1.807, 2.05) is 36.4 Å². The molecule has 1 nitrogen and oxygen atoms in total. The van der Waals surface area contributed by atoms with Crippen LogP contribution in [0, 0.1) is 0 Å². The van der Waals surface area contributed by atoms with Crippen molar-refractivity contribution >= 4 is 0 Å². The Kier molecular flexibility index (Phi) is 6.53. The Balaban J connectivity index is 0.000000187. The first-order chi connectivity index (χ1) is 4.41. The molecule has 0 heterocycles. The van der Waals surface area contributed by atoms with E-state index in [9.17, 15) is 0 Å². The number of methoxy groups -OCH3 is 1. The fourth-order valence-electron chi connectivity index (χ4n) is 0.385. The Hall–Kier alpha value is -0.820. The summed E-state index contributed by atoms with van der Waals surface area (Å²) in [7, 11) is 3.25. The first-order valence-corrected chi connectivity index (χ1v) is 2.82. The number of ether oxygens (including phenoxy) is 1. The molecule has 0 N–H and O–H groups in total. The first-order valence-electron chi connectivity index (χ1n) is 2.82. The maximum atomic E-state index is 4.25. The van der Waals surface area contributed by atoms with E-state index >= 15 is 0 Å². The Morgan fingerprint density at radius 1 is 0.667 bits per heavy atom. The zero-order valence-electron chi connectivity index (χ0n) is 5.87. The molecule has 0 aliphatic heterocycles. The third-order valence-electron chi connectivity index (χ3n) is 0.667. The second-order valence-electron chi connectivity index (χ2n) is 1.56. The largest absolute Gasteiger partial charge is 0.388 e. The molecule has 50 valence electrons. The third kappa shape index (κ3) is 7.18. The number of hydrogen-bond donors (Lipinski definition) is 0. The van der Waals surface area contributed by atoms with E-state index in [2.05, 4.69) is 4.74 Å². The van der Waals surface area contributed by atoms with Crippen molar-refractivity contribution in [3.05, 3.63) is 36.4 Å². The Bertz CT molecular complexity index is 87.4. The van der Waals surface area contributed by atoms with E-state index < -0.39 is 0 Å². The van der Waals surface area contributed by atoms with Crippen molar-refractivity contribution in [2.45, 2.75) is 0 Å². The van der Waals surface area contributed by atoms with E-state index in [1.165, 1.54) is 0 Å². The van der Waals surface area contributed by atoms with Gasteiger partial charge in [0.2, 0.25) is 0 Å². The summed E-state index contributed by atoms with van der Waals surface area (Å²) in [5.41, 5.74) is 0. The van der Waals surface area contributed by atoms with Gasteiger partial charge in [-0.05, 0) is 0 Å². The van der Waals surface area contributed by atoms with Crippen molar-refractivity contribution in [1.82, 2.24) is 0 Å². The summed E-state index contributed by atoms with van der Waals surface area (Å²) in [4.78, 5) is 0. The summed E-state index contributed by atoms with van der Waals surface area (Å²) in [6, 6.07) is 12.0. The minimum Gasteiger partial charge on any atom is -0.388 e. The number of hydrogen-bond acceptors (Lipinski definition) is 1. The zero-order chi connectivity index (χ0) is 6.95. The van der Waals surface area contributed by atoms with Gasteiger partial charge in [0.05, 0.1) is 0 Å². The Labute approximate surface area is 56.3 Å². The molecule has 0 saturated heterocycles. The van der Waals surface area contributed by atoms with Gasteiger partial charge in [-0.15, -0.1) is 0 Å². The molecule has 9 heavy (non-hydrogen) atoms. The van der Waals surface area contributed by atoms with Crippen LogP contribution in [0.3, 0.4) is 0 Å². The van der Waals surface area contributed by atoms with Crippen LogP contribution in [-0.4, -0.2) is 14.2 Å². The van der Waals surface area contributed by atoms with E-state index in [0.717, 1.165) is 0 Å². The predicted octanol–water partition coefficient (Wildman–Crippen LogP) is 1.95. The molecule has 0 unspecified atom stereocenters. The summed E-state index contributed by atoms with van der Waals surface area (Å²) in [6.07, 6.45) is 0. The standard InChI is InChI=1S/C6H6.C2H6O/c1-2-4-6-5-3-1;1-3-2/h1-6H;1-2H3. The molecule has 0 aromatic heterocycles. The van der Waals surface area contributed by atoms with Crippen molar-refractivity contribution in [2.75, 3.05) is 14.2 Å². The van der Waals surface area contributed by atoms with Crippen LogP contribution in [0.15, 0.2) is 36.4 Å². The smallest absolute Gasteiger partial charge is 0.0351 e. The van der Waals surface area contributed by atoms with Gasteiger partial charge in [-0.2, -0.15) is 0 Å². The minimum atomic E-state index is 1.62. The van der Waals surface area contributed by atoms with Crippen molar-refractivity contribution < 1.29 is 4.74 Å². The van der Waals surface area contributed by atoms with Crippen molar-refractivity contribution in [1.29, 1.82) is 0 Å². The maximum absolute atomic E-state index is 4.25. The monoisotopic (exact) mass is 124 g/mol. The average molecular weight is 124 g/mol. The lowest BCUT2D eigenvalue weighted by molar-refractivity contribution is 0.277. The van der Waals surface area contributed by atoms with Crippen LogP contribution in [-0.2, 0) is 4.74 Å². The molecule has 1 rings (SSSR count). The van der Waals surface area contributed by atoms with E-state index in [0.29, 0.717) is 0 Å². The molecule has 1 aromatic rings. The van der Waals surface area contributed by atoms with Gasteiger partial charge in [0.1, 0.15) is 0 Å². The quantitative estimate of drug-likeness (QED) is 0.513. The van der Waals surface area contributed by atoms with Crippen LogP contribution in [0.1, 0.15) is 0 Å². The molecular weight excluding hydrogens is 112 g/mol. The molecule has 1 heteroatoms. The highest BCUT2D eigenvalue weighted by molar-refractivity contribution is 4.99. The maximum Gasteiger partial charge on any atom is 0.0351 e. The molecule has 0 fully saturated rings. The van der Waals surface area contributed by atoms with Gasteiger partial charge in [-0.1, -0.05) is 36.4 Å². The molecule has 0 radical (unpaired) electrons. The fraction of sp³-hybridized carbons (Fsp3) is 0.250. The second kappa shape index (κ2) is 7.18. The van der Waals surface area contributed by atoms with Gasteiger partial charge >= 0.3 is 0 Å². The highest BCUT2D eigenvalue weighted by Gasteiger charge is 1.57. The van der Waals surface area contributed by atoms with Crippen LogP contribution >= 0.6 is 0 Å². The summed E-state index contributed by atoms with van der Waals surface area (Å²) in [6.45, 7) is 0. The fourth-order valence-corrected chi connectivity index (χ4v) is 0.385. The SMILES string of the molecule is COC.c1ccccc1. The second-order valence-corrected chi connectivity index (χ2v) is 1.56. The molecular formula is C8H12O. The lowest BCUT2D eigenvalue weighted by atomic mass is 10.4. The van der Waals surface area contributed by atoms with Gasteiger partial charge in [0, 0.05) is 14.2 Å². The Morgan fingerprint density at radius 2 is 0.778 bits per heavy atom. The van der Waals surface area contributed by atoms with Crippen LogP contribution in [0.25, 0.3) is 0 Å². The van der Waals surface area contributed by atoms with Crippen LogP contribution in [0.2, 0.25) is 0 Å². The minimum absolute atomic E-state index is 1.62. The van der Waals surface area contributed by atoms with Crippen molar-refractivity contribution in [3.63, 3.8) is 0 Å². The number of rotatable bonds is 0. The highest BCUT2D eigenvalue weighted by atomic mass is 16.4. The topological polar surface area (TPSA) is 9.23 Å². The third-order valence-corrected chi connectivity index (χ3v) is 0.667. The predicted molar refractivity (Wildman–Crippen MR) is 39.4 cm³/mol. The van der Waals surface area contributed by atoms with E-state index in [1.54, 1.807) is 14.2 Å². The molecule has 0 aliphatic rings. The lowest BCUT2D eigenvalue weighted by Gasteiger charge is -1.69. The van der Waals surface area contributed by atoms with Crippen molar-refractivity contribution in [3.8, 4) is 0 Å². The normalized spacial score (nSPS) is 7.33. The summed E-state index contributed by atoms with van der Waals surface area (Å²) < 4.78 is 4.25. The van der Waals surface area contributed by atoms with Crippen molar-refractivity contribution in [2.24, 2.45) is 0 Å². The van der Waals surface area contributed by atoms with Crippen LogP contribution in [0.5, 0.6) is 0 Å². The molecule has 0 atom stereocenters. The average Bonchev–Trinajstić information content (AvgIpc) is 1.93. The van der Waals surface area contributed by atoms with E-state index in [4.69, 9.17) is 0 Å². The Morgan fingerprint density at radius 3 is 0.889 bits per heavy atom. The molecule has 0 aliphatic carbocycles. The van der Waals surface area contributed by atoms with Gasteiger partial charge in [-0.25, -0.2) is 0 Å². The van der Waals surface area contributed by atoms with Gasteiger partial charge in [-0.3, -0.25) is 0 Å². The van der Waals surface area contributed by atoms with Crippen LogP contribution < -0.4 is 0 Å². The van der Waals surface area contributed by atoms with Gasteiger partial charge < -0.3 is 4.74 Å². The summed E-state index contributed by atoms with van der Waals surface area (Å²) >= 11 is 0. The molecule has 1 aromatic carbocycles. The van der Waals surface area contributed by atoms with Crippen LogP contribution in [0.4, 0.5) is 0 Å². The molecule has 0 amide bonds. The molecule has 0 bridgehead atoms. The first kappa shape index (κ1) is 8.18. The summed E-state index contributed by atoms with van der Waals surface area (Å²) in [5.74, 6) is 0. The molecule has 0 saturated carbocycles. The number of benzene rings is 1. The zero-order valence-corrected chi connectivity index (χ0v) is 5.87. The highest BCUT2D eigenvalue weighted by Crippen LogP contribution is 1.79. The van der Waals surface area contributed by atoms with Gasteiger partial charge in [0.25, 0.3) is 0 Å². The van der Waals surface area contributed by atoms with Gasteiger partial charge in [0.15, 0.2) is 0 Å². The van der Waals surface area contributed by atoms with E-state index in [-0.39, 0.29) is 0 Å². The molecule has 0 spiro atoms. The lowest BCUT2D eigenvalue weighted by Crippen LogP contribution is -1.55. The summed E-state index contributed by atoms with van der Waals surface area (Å²) in [5, 5.41) is 0.